The van der Waals surface area contributed by atoms with Gasteiger partial charge in [0.25, 0.3) is 0 Å². The van der Waals surface area contributed by atoms with Crippen molar-refractivity contribution in [3.8, 4) is 0 Å². The van der Waals surface area contributed by atoms with Crippen molar-refractivity contribution < 1.29 is 4.74 Å². The lowest BCUT2D eigenvalue weighted by Gasteiger charge is -2.21. The molecular formula is C9H8BrNO. The van der Waals surface area contributed by atoms with E-state index >= 15 is 0 Å². The summed E-state index contributed by atoms with van der Waals surface area (Å²) in [6.45, 7) is 0. The van der Waals surface area contributed by atoms with E-state index in [1.54, 1.807) is 13.3 Å². The predicted octanol–water partition coefficient (Wildman–Crippen LogP) is 2.19. The van der Waals surface area contributed by atoms with Gasteiger partial charge in [0, 0.05) is 18.9 Å². The minimum atomic E-state index is -0.448. The van der Waals surface area contributed by atoms with Crippen LogP contribution >= 0.6 is 15.9 Å². The molecule has 2 aliphatic rings. The molecule has 1 aliphatic heterocycles. The van der Waals surface area contributed by atoms with E-state index in [0.717, 1.165) is 11.3 Å². The summed E-state index contributed by atoms with van der Waals surface area (Å²) in [5, 5.41) is 0. The van der Waals surface area contributed by atoms with E-state index in [1.807, 2.05) is 24.3 Å². The number of alkyl halides is 1. The van der Waals surface area contributed by atoms with Gasteiger partial charge in [-0.1, -0.05) is 0 Å². The minimum absolute atomic E-state index is 0.448. The molecule has 0 radical (unpaired) electrons. The van der Waals surface area contributed by atoms with Crippen LogP contribution in [0.25, 0.3) is 0 Å². The molecule has 0 bridgehead atoms. The van der Waals surface area contributed by atoms with Crippen LogP contribution in [-0.4, -0.2) is 17.3 Å². The van der Waals surface area contributed by atoms with Gasteiger partial charge in [0.2, 0.25) is 0 Å². The second kappa shape index (κ2) is 2.68. The van der Waals surface area contributed by atoms with Gasteiger partial charge in [-0.15, -0.1) is 0 Å². The molecule has 3 heteroatoms. The normalized spacial score (nSPS) is 31.5. The predicted molar refractivity (Wildman–Crippen MR) is 52.5 cm³/mol. The van der Waals surface area contributed by atoms with E-state index in [9.17, 15) is 0 Å². The lowest BCUT2D eigenvalue weighted by atomic mass is 10.0. The van der Waals surface area contributed by atoms with Crippen LogP contribution in [0.2, 0.25) is 0 Å². The van der Waals surface area contributed by atoms with Gasteiger partial charge in [-0.05, 0) is 40.2 Å². The Morgan fingerprint density at radius 3 is 3.08 bits per heavy atom. The van der Waals surface area contributed by atoms with Crippen LogP contribution < -0.4 is 0 Å². The summed E-state index contributed by atoms with van der Waals surface area (Å²) in [6.07, 6.45) is 9.64. The van der Waals surface area contributed by atoms with Crippen LogP contribution in [0.1, 0.15) is 0 Å². The maximum Gasteiger partial charge on any atom is 0.160 e. The van der Waals surface area contributed by atoms with E-state index in [0.29, 0.717) is 0 Å². The Kier molecular flexibility index (Phi) is 1.77. The first-order valence-corrected chi connectivity index (χ1v) is 4.44. The molecular weight excluding hydrogens is 218 g/mol. The molecule has 12 heavy (non-hydrogen) atoms. The highest BCUT2D eigenvalue weighted by molar-refractivity contribution is 9.10. The maximum absolute atomic E-state index is 5.25. The number of hydrogen-bond donors (Lipinski definition) is 0. The maximum atomic E-state index is 5.25. The standard InChI is InChI=1S/C9H8BrNO/c1-12-9(10)4-2-8-7(6-9)3-5-11-8/h2-6H,1H3. The summed E-state index contributed by atoms with van der Waals surface area (Å²) in [5.74, 6) is 0. The Morgan fingerprint density at radius 1 is 1.50 bits per heavy atom. The average Bonchev–Trinajstić information content (AvgIpc) is 2.51. The van der Waals surface area contributed by atoms with E-state index in [-0.39, 0.29) is 0 Å². The molecule has 0 fully saturated rings. The second-order valence-electron chi connectivity index (χ2n) is 2.66. The molecule has 1 heterocycles. The number of ether oxygens (including phenoxy) is 1. The SMILES string of the molecule is COC1(Br)C=CC2=NC=CC2=C1. The molecule has 0 spiro atoms. The van der Waals surface area contributed by atoms with Crippen LogP contribution in [0.15, 0.2) is 41.1 Å². The monoisotopic (exact) mass is 225 g/mol. The van der Waals surface area contributed by atoms with Crippen LogP contribution in [-0.2, 0) is 4.74 Å². The Bertz CT molecular complexity index is 327. The van der Waals surface area contributed by atoms with Crippen LogP contribution in [0.3, 0.4) is 0 Å². The summed E-state index contributed by atoms with van der Waals surface area (Å²) < 4.78 is 4.80. The second-order valence-corrected chi connectivity index (χ2v) is 3.90. The molecule has 2 rings (SSSR count). The summed E-state index contributed by atoms with van der Waals surface area (Å²) in [7, 11) is 1.66. The number of rotatable bonds is 1. The molecule has 62 valence electrons. The molecule has 0 aromatic rings. The molecule has 1 aliphatic carbocycles. The van der Waals surface area contributed by atoms with Crippen molar-refractivity contribution in [3.05, 3.63) is 36.1 Å². The Morgan fingerprint density at radius 2 is 2.33 bits per heavy atom. The van der Waals surface area contributed by atoms with Gasteiger partial charge < -0.3 is 4.74 Å². The third-order valence-corrected chi connectivity index (χ3v) is 2.71. The Hall–Kier alpha value is -0.670. The number of allylic oxidation sites excluding steroid dienone is 3. The van der Waals surface area contributed by atoms with E-state index < -0.39 is 4.51 Å². The fourth-order valence-corrected chi connectivity index (χ4v) is 1.58. The van der Waals surface area contributed by atoms with Crippen molar-refractivity contribution >= 4 is 21.6 Å². The average molecular weight is 226 g/mol. The van der Waals surface area contributed by atoms with Crippen molar-refractivity contribution in [1.82, 2.24) is 0 Å². The quantitative estimate of drug-likeness (QED) is 0.628. The number of halogens is 1. The Labute approximate surface area is 79.5 Å². The third-order valence-electron chi connectivity index (χ3n) is 1.90. The number of fused-ring (bicyclic) bond motifs is 1. The number of hydrogen-bond acceptors (Lipinski definition) is 2. The first kappa shape index (κ1) is 7.95. The molecule has 0 saturated carbocycles. The Balaban J connectivity index is 2.39. The van der Waals surface area contributed by atoms with Crippen molar-refractivity contribution in [2.45, 2.75) is 4.51 Å². The fourth-order valence-electron chi connectivity index (χ4n) is 1.20. The highest BCUT2D eigenvalue weighted by Crippen LogP contribution is 2.30. The first-order valence-electron chi connectivity index (χ1n) is 3.64. The summed E-state index contributed by atoms with van der Waals surface area (Å²) in [4.78, 5) is 4.16. The highest BCUT2D eigenvalue weighted by atomic mass is 79.9. The van der Waals surface area contributed by atoms with Gasteiger partial charge in [-0.2, -0.15) is 0 Å². The largest absolute Gasteiger partial charge is 0.360 e. The highest BCUT2D eigenvalue weighted by Gasteiger charge is 2.25. The molecule has 2 nitrogen and oxygen atoms in total. The van der Waals surface area contributed by atoms with Gasteiger partial charge >= 0.3 is 0 Å². The molecule has 0 aromatic heterocycles. The molecule has 0 aromatic carbocycles. The van der Waals surface area contributed by atoms with Gasteiger partial charge in [0.1, 0.15) is 0 Å². The topological polar surface area (TPSA) is 21.6 Å². The van der Waals surface area contributed by atoms with Gasteiger partial charge in [0.05, 0.1) is 5.71 Å². The van der Waals surface area contributed by atoms with Crippen molar-refractivity contribution in [2.75, 3.05) is 7.11 Å². The smallest absolute Gasteiger partial charge is 0.160 e. The fraction of sp³-hybridized carbons (Fsp3) is 0.222. The number of methoxy groups -OCH3 is 1. The molecule has 0 N–H and O–H groups in total. The zero-order valence-electron chi connectivity index (χ0n) is 6.62. The molecule has 0 saturated heterocycles. The van der Waals surface area contributed by atoms with E-state index in [2.05, 4.69) is 20.9 Å². The molecule has 1 atom stereocenters. The van der Waals surface area contributed by atoms with Crippen molar-refractivity contribution in [2.24, 2.45) is 4.99 Å². The van der Waals surface area contributed by atoms with Crippen molar-refractivity contribution in [3.63, 3.8) is 0 Å². The first-order chi connectivity index (χ1) is 5.73. The van der Waals surface area contributed by atoms with Crippen LogP contribution in [0.4, 0.5) is 0 Å². The molecule has 0 amide bonds. The summed E-state index contributed by atoms with van der Waals surface area (Å²) in [5.41, 5.74) is 2.11. The molecule has 1 unspecified atom stereocenters. The number of nitrogens with zero attached hydrogens (tertiary/aromatic N) is 1. The van der Waals surface area contributed by atoms with Gasteiger partial charge in [-0.3, -0.25) is 4.99 Å². The van der Waals surface area contributed by atoms with Crippen LogP contribution in [0, 0.1) is 0 Å². The minimum Gasteiger partial charge on any atom is -0.360 e. The van der Waals surface area contributed by atoms with Crippen molar-refractivity contribution in [1.29, 1.82) is 0 Å². The van der Waals surface area contributed by atoms with Crippen LogP contribution in [0.5, 0.6) is 0 Å². The zero-order chi connectivity index (χ0) is 8.60. The van der Waals surface area contributed by atoms with Gasteiger partial charge in [0.15, 0.2) is 4.51 Å². The van der Waals surface area contributed by atoms with Gasteiger partial charge in [-0.25, -0.2) is 0 Å². The third kappa shape index (κ3) is 1.19. The zero-order valence-corrected chi connectivity index (χ0v) is 8.21. The summed E-state index contributed by atoms with van der Waals surface area (Å²) in [6, 6.07) is 0. The van der Waals surface area contributed by atoms with E-state index in [4.69, 9.17) is 4.74 Å². The van der Waals surface area contributed by atoms with E-state index in [1.165, 1.54) is 0 Å². The summed E-state index contributed by atoms with van der Waals surface area (Å²) >= 11 is 3.46. The number of aliphatic imine (C=N–C) groups is 1. The lowest BCUT2D eigenvalue weighted by molar-refractivity contribution is 0.155. The lowest BCUT2D eigenvalue weighted by Crippen LogP contribution is -2.21.